The molecule has 1 unspecified atom stereocenters. The zero-order chi connectivity index (χ0) is 18.8. The van der Waals surface area contributed by atoms with Gasteiger partial charge in [-0.15, -0.1) is 0 Å². The molecular weight excluding hydrogens is 340 g/mol. The molecule has 1 aliphatic heterocycles. The Balaban J connectivity index is 1.73. The molecule has 0 radical (unpaired) electrons. The van der Waals surface area contributed by atoms with Crippen molar-refractivity contribution < 1.29 is 0 Å². The summed E-state index contributed by atoms with van der Waals surface area (Å²) in [5.74, 6) is 2.96. The van der Waals surface area contributed by atoms with Gasteiger partial charge >= 0.3 is 0 Å². The lowest BCUT2D eigenvalue weighted by Gasteiger charge is -2.22. The molecule has 1 aliphatic rings. The molecule has 140 valence electrons. The zero-order valence-electron chi connectivity index (χ0n) is 15.8. The molecule has 0 aliphatic carbocycles. The minimum atomic E-state index is 0.0267. The molecule has 4 heterocycles. The molecule has 0 saturated carbocycles. The van der Waals surface area contributed by atoms with Gasteiger partial charge in [0, 0.05) is 43.7 Å². The van der Waals surface area contributed by atoms with Gasteiger partial charge in [0.05, 0.1) is 11.7 Å². The van der Waals surface area contributed by atoms with E-state index in [1.165, 1.54) is 0 Å². The van der Waals surface area contributed by atoms with Crippen molar-refractivity contribution in [3.63, 3.8) is 0 Å². The molecule has 1 atom stereocenters. The quantitative estimate of drug-likeness (QED) is 0.694. The van der Waals surface area contributed by atoms with Gasteiger partial charge in [-0.2, -0.15) is 5.10 Å². The number of anilines is 1. The highest BCUT2D eigenvalue weighted by Crippen LogP contribution is 2.30. The van der Waals surface area contributed by atoms with E-state index in [2.05, 4.69) is 39.5 Å². The molecule has 3 aromatic heterocycles. The molecule has 27 heavy (non-hydrogen) atoms. The van der Waals surface area contributed by atoms with Crippen molar-refractivity contribution in [3.8, 4) is 11.4 Å². The second-order valence-corrected chi connectivity index (χ2v) is 7.23. The second-order valence-electron chi connectivity index (χ2n) is 7.23. The standard InChI is InChI=1S/C19H24N8/c1-12(2)7-15(19-22-11-23-27(19)3)24-18-14-9-21-10-16(14)25-17(26-18)13-5-4-6-20-8-13/h4-6,8,11-12,15,21H,7,9-10H2,1-3H3,(H,24,25,26). The SMILES string of the molecule is CC(C)CC(Nc1nc(-c2cccnc2)nc2c1CNC2)c1ncnn1C. The van der Waals surface area contributed by atoms with E-state index < -0.39 is 0 Å². The maximum absolute atomic E-state index is 4.84. The zero-order valence-corrected chi connectivity index (χ0v) is 15.8. The molecule has 2 N–H and O–H groups in total. The topological polar surface area (TPSA) is 93.4 Å². The van der Waals surface area contributed by atoms with E-state index >= 15 is 0 Å². The van der Waals surface area contributed by atoms with E-state index in [1.54, 1.807) is 18.7 Å². The number of nitrogens with zero attached hydrogens (tertiary/aromatic N) is 6. The minimum Gasteiger partial charge on any atom is -0.360 e. The van der Waals surface area contributed by atoms with E-state index in [1.807, 2.05) is 23.9 Å². The van der Waals surface area contributed by atoms with Gasteiger partial charge in [-0.25, -0.2) is 15.0 Å². The van der Waals surface area contributed by atoms with Crippen molar-refractivity contribution in [2.75, 3.05) is 5.32 Å². The van der Waals surface area contributed by atoms with Crippen LogP contribution in [0.25, 0.3) is 11.4 Å². The minimum absolute atomic E-state index is 0.0267. The Morgan fingerprint density at radius 2 is 2.15 bits per heavy atom. The van der Waals surface area contributed by atoms with Crippen LogP contribution in [0.5, 0.6) is 0 Å². The van der Waals surface area contributed by atoms with Gasteiger partial charge in [-0.1, -0.05) is 13.8 Å². The molecule has 0 saturated heterocycles. The monoisotopic (exact) mass is 364 g/mol. The Morgan fingerprint density at radius 1 is 1.26 bits per heavy atom. The van der Waals surface area contributed by atoms with Crippen LogP contribution in [-0.4, -0.2) is 29.7 Å². The van der Waals surface area contributed by atoms with E-state index in [4.69, 9.17) is 9.97 Å². The van der Waals surface area contributed by atoms with Crippen LogP contribution in [0.15, 0.2) is 30.9 Å². The van der Waals surface area contributed by atoms with Gasteiger partial charge in [-0.3, -0.25) is 9.67 Å². The van der Waals surface area contributed by atoms with E-state index in [0.29, 0.717) is 11.7 Å². The summed E-state index contributed by atoms with van der Waals surface area (Å²) in [6.45, 7) is 5.92. The van der Waals surface area contributed by atoms with Crippen LogP contribution in [-0.2, 0) is 20.1 Å². The van der Waals surface area contributed by atoms with Crippen LogP contribution < -0.4 is 10.6 Å². The number of aryl methyl sites for hydroxylation is 1. The first-order chi connectivity index (χ1) is 13.1. The molecule has 3 aromatic rings. The first-order valence-electron chi connectivity index (χ1n) is 9.23. The number of nitrogens with one attached hydrogen (secondary N) is 2. The summed E-state index contributed by atoms with van der Waals surface area (Å²) in [7, 11) is 1.92. The van der Waals surface area contributed by atoms with Crippen LogP contribution in [0.3, 0.4) is 0 Å². The largest absolute Gasteiger partial charge is 0.360 e. The predicted octanol–water partition coefficient (Wildman–Crippen LogP) is 2.47. The van der Waals surface area contributed by atoms with Crippen LogP contribution in [0.2, 0.25) is 0 Å². The normalized spacial score (nSPS) is 14.4. The summed E-state index contributed by atoms with van der Waals surface area (Å²) in [5.41, 5.74) is 3.07. The summed E-state index contributed by atoms with van der Waals surface area (Å²) < 4.78 is 1.82. The average molecular weight is 364 g/mol. The molecule has 0 spiro atoms. The lowest BCUT2D eigenvalue weighted by Crippen LogP contribution is -2.20. The first kappa shape index (κ1) is 17.5. The van der Waals surface area contributed by atoms with Crippen molar-refractivity contribution >= 4 is 5.82 Å². The molecule has 8 heteroatoms. The molecule has 8 nitrogen and oxygen atoms in total. The van der Waals surface area contributed by atoms with Crippen LogP contribution >= 0.6 is 0 Å². The highest BCUT2D eigenvalue weighted by Gasteiger charge is 2.24. The van der Waals surface area contributed by atoms with Crippen molar-refractivity contribution in [2.45, 2.75) is 39.4 Å². The number of pyridine rings is 1. The fraction of sp³-hybridized carbons (Fsp3) is 0.421. The van der Waals surface area contributed by atoms with E-state index in [-0.39, 0.29) is 6.04 Å². The lowest BCUT2D eigenvalue weighted by molar-refractivity contribution is 0.497. The molecule has 0 aromatic carbocycles. The smallest absolute Gasteiger partial charge is 0.163 e. The summed E-state index contributed by atoms with van der Waals surface area (Å²) in [6.07, 6.45) is 6.07. The number of hydrogen-bond acceptors (Lipinski definition) is 7. The van der Waals surface area contributed by atoms with Gasteiger partial charge in [0.1, 0.15) is 18.0 Å². The van der Waals surface area contributed by atoms with Gasteiger partial charge in [0.2, 0.25) is 0 Å². The summed E-state index contributed by atoms with van der Waals surface area (Å²) >= 11 is 0. The van der Waals surface area contributed by atoms with E-state index in [9.17, 15) is 0 Å². The van der Waals surface area contributed by atoms with Gasteiger partial charge in [0.25, 0.3) is 0 Å². The summed E-state index contributed by atoms with van der Waals surface area (Å²) in [5, 5.41) is 11.2. The van der Waals surface area contributed by atoms with Gasteiger partial charge in [0.15, 0.2) is 5.82 Å². The maximum atomic E-state index is 4.84. The van der Waals surface area contributed by atoms with Gasteiger partial charge in [-0.05, 0) is 24.5 Å². The molecule has 0 bridgehead atoms. The Hall–Kier alpha value is -2.87. The molecule has 4 rings (SSSR count). The number of rotatable bonds is 6. The fourth-order valence-electron chi connectivity index (χ4n) is 3.40. The second kappa shape index (κ2) is 7.40. The lowest BCUT2D eigenvalue weighted by atomic mass is 10.0. The molecular formula is C19H24N8. The fourth-order valence-corrected chi connectivity index (χ4v) is 3.40. The Labute approximate surface area is 158 Å². The predicted molar refractivity (Wildman–Crippen MR) is 103 cm³/mol. The Morgan fingerprint density at radius 3 is 2.85 bits per heavy atom. The highest BCUT2D eigenvalue weighted by atomic mass is 15.3. The van der Waals surface area contributed by atoms with Crippen molar-refractivity contribution in [2.24, 2.45) is 13.0 Å². The summed E-state index contributed by atoms with van der Waals surface area (Å²) in [4.78, 5) is 18.2. The number of hydrogen-bond donors (Lipinski definition) is 2. The Kier molecular flexibility index (Phi) is 4.81. The van der Waals surface area contributed by atoms with Crippen molar-refractivity contribution in [1.29, 1.82) is 0 Å². The Bertz CT molecular complexity index is 919. The first-order valence-corrected chi connectivity index (χ1v) is 9.23. The van der Waals surface area contributed by atoms with Crippen LogP contribution in [0, 0.1) is 5.92 Å². The molecule has 0 fully saturated rings. The number of fused-ring (bicyclic) bond motifs is 1. The third-order valence-electron chi connectivity index (χ3n) is 4.68. The number of aromatic nitrogens is 6. The van der Waals surface area contributed by atoms with E-state index in [0.717, 1.165) is 48.0 Å². The average Bonchev–Trinajstić information content (AvgIpc) is 3.30. The molecule has 0 amide bonds. The third-order valence-corrected chi connectivity index (χ3v) is 4.68. The van der Waals surface area contributed by atoms with Crippen molar-refractivity contribution in [3.05, 3.63) is 47.9 Å². The van der Waals surface area contributed by atoms with Gasteiger partial charge < -0.3 is 10.6 Å². The van der Waals surface area contributed by atoms with Crippen LogP contribution in [0.4, 0.5) is 5.82 Å². The third kappa shape index (κ3) is 3.66. The summed E-state index contributed by atoms with van der Waals surface area (Å²) in [6, 6.07) is 3.91. The maximum Gasteiger partial charge on any atom is 0.163 e. The highest BCUT2D eigenvalue weighted by molar-refractivity contribution is 5.60. The van der Waals surface area contributed by atoms with Crippen molar-refractivity contribution in [1.82, 2.24) is 35.0 Å². The van der Waals surface area contributed by atoms with Crippen LogP contribution in [0.1, 0.15) is 43.4 Å².